The summed E-state index contributed by atoms with van der Waals surface area (Å²) in [6.07, 6.45) is 16.7. The van der Waals surface area contributed by atoms with Gasteiger partial charge in [-0.25, -0.2) is 4.98 Å². The van der Waals surface area contributed by atoms with Crippen molar-refractivity contribution in [2.24, 2.45) is 0 Å². The van der Waals surface area contributed by atoms with Crippen LogP contribution >= 0.6 is 0 Å². The molecule has 0 saturated carbocycles. The summed E-state index contributed by atoms with van der Waals surface area (Å²) in [5.74, 6) is 1.99. The van der Waals surface area contributed by atoms with E-state index in [4.69, 9.17) is 9.51 Å². The third-order valence-electron chi connectivity index (χ3n) is 7.03. The first kappa shape index (κ1) is 26.7. The van der Waals surface area contributed by atoms with Gasteiger partial charge in [-0.05, 0) is 82.6 Å². The SMILES string of the molecule is CCC(C)=C(C)/C=C\c1cc(-c2cnc(CCCCCCCc3cc(C)on3)[nH]2)c(CC)cc1C. The van der Waals surface area contributed by atoms with Crippen LogP contribution in [0.25, 0.3) is 17.3 Å². The van der Waals surface area contributed by atoms with Gasteiger partial charge < -0.3 is 9.51 Å². The molecule has 3 rings (SSSR count). The first-order valence-corrected chi connectivity index (χ1v) is 13.4. The van der Waals surface area contributed by atoms with Crippen molar-refractivity contribution >= 4 is 6.08 Å². The minimum atomic E-state index is 0.900. The van der Waals surface area contributed by atoms with Gasteiger partial charge in [-0.15, -0.1) is 0 Å². The zero-order valence-corrected chi connectivity index (χ0v) is 22.6. The van der Waals surface area contributed by atoms with E-state index in [1.807, 2.05) is 19.2 Å². The largest absolute Gasteiger partial charge is 0.361 e. The van der Waals surface area contributed by atoms with E-state index in [2.05, 4.69) is 69.0 Å². The second kappa shape index (κ2) is 13.3. The molecule has 4 nitrogen and oxygen atoms in total. The molecule has 1 N–H and O–H groups in total. The number of allylic oxidation sites excluding steroid dienone is 3. The Labute approximate surface area is 211 Å². The van der Waals surface area contributed by atoms with Crippen molar-refractivity contribution in [3.63, 3.8) is 0 Å². The number of hydrogen-bond donors (Lipinski definition) is 1. The van der Waals surface area contributed by atoms with Crippen molar-refractivity contribution in [2.75, 3.05) is 0 Å². The zero-order valence-electron chi connectivity index (χ0n) is 22.6. The number of aromatic amines is 1. The lowest BCUT2D eigenvalue weighted by Crippen LogP contribution is -1.94. The van der Waals surface area contributed by atoms with Gasteiger partial charge in [0.2, 0.25) is 0 Å². The summed E-state index contributed by atoms with van der Waals surface area (Å²) < 4.78 is 5.14. The standard InChI is InChI=1S/C31H43N3O/c1-7-22(3)23(4)16-17-27-20-29(26(8-2)18-24(27)5)30-21-32-31(33-30)15-13-11-9-10-12-14-28-19-25(6)35-34-28/h16-21H,7-15H2,1-6H3,(H,32,33)/b17-16-,23-22?. The highest BCUT2D eigenvalue weighted by Gasteiger charge is 2.10. The molecule has 0 atom stereocenters. The number of hydrogen-bond acceptors (Lipinski definition) is 3. The summed E-state index contributed by atoms with van der Waals surface area (Å²) in [7, 11) is 0. The van der Waals surface area contributed by atoms with Crippen LogP contribution in [0.3, 0.4) is 0 Å². The number of aryl methyl sites for hydroxylation is 5. The first-order valence-electron chi connectivity index (χ1n) is 13.4. The Kier molecular flexibility index (Phi) is 10.1. The molecule has 4 heteroatoms. The van der Waals surface area contributed by atoms with Crippen molar-refractivity contribution < 1.29 is 4.52 Å². The fourth-order valence-electron chi connectivity index (χ4n) is 4.43. The third-order valence-corrected chi connectivity index (χ3v) is 7.03. The Morgan fingerprint density at radius 2 is 1.71 bits per heavy atom. The predicted octanol–water partition coefficient (Wildman–Crippen LogP) is 8.74. The number of aromatic nitrogens is 3. The van der Waals surface area contributed by atoms with Crippen LogP contribution in [0, 0.1) is 13.8 Å². The molecule has 0 spiro atoms. The number of nitrogens with one attached hydrogen (secondary N) is 1. The van der Waals surface area contributed by atoms with Crippen molar-refractivity contribution in [1.82, 2.24) is 15.1 Å². The number of rotatable bonds is 13. The molecule has 2 heterocycles. The van der Waals surface area contributed by atoms with Crippen LogP contribution in [0.15, 0.2) is 46.1 Å². The molecule has 0 saturated heterocycles. The lowest BCUT2D eigenvalue weighted by Gasteiger charge is -2.11. The van der Waals surface area contributed by atoms with E-state index in [1.165, 1.54) is 65.5 Å². The Bertz CT molecular complexity index is 1150. The molecule has 1 aromatic carbocycles. The number of unbranched alkanes of at least 4 members (excludes halogenated alkanes) is 4. The molecule has 35 heavy (non-hydrogen) atoms. The van der Waals surface area contributed by atoms with Crippen LogP contribution in [0.1, 0.15) is 100 Å². The first-order chi connectivity index (χ1) is 16.9. The third kappa shape index (κ3) is 7.81. The van der Waals surface area contributed by atoms with E-state index in [9.17, 15) is 0 Å². The van der Waals surface area contributed by atoms with E-state index in [-0.39, 0.29) is 0 Å². The lowest BCUT2D eigenvalue weighted by molar-refractivity contribution is 0.389. The summed E-state index contributed by atoms with van der Waals surface area (Å²) in [6, 6.07) is 6.70. The van der Waals surface area contributed by atoms with Crippen molar-refractivity contribution in [2.45, 2.75) is 99.3 Å². The summed E-state index contributed by atoms with van der Waals surface area (Å²) in [6.45, 7) is 13.0. The van der Waals surface area contributed by atoms with Crippen molar-refractivity contribution in [3.8, 4) is 11.3 Å². The number of H-pyrrole nitrogens is 1. The van der Waals surface area contributed by atoms with Gasteiger partial charge in [-0.2, -0.15) is 0 Å². The maximum Gasteiger partial charge on any atom is 0.133 e. The van der Waals surface area contributed by atoms with Crippen LogP contribution in [0.5, 0.6) is 0 Å². The molecule has 188 valence electrons. The minimum Gasteiger partial charge on any atom is -0.361 e. The molecule has 0 fully saturated rings. The molecule has 0 aliphatic heterocycles. The summed E-state index contributed by atoms with van der Waals surface area (Å²) in [5.41, 5.74) is 10.2. The van der Waals surface area contributed by atoms with E-state index in [0.717, 1.165) is 48.7 Å². The average Bonchev–Trinajstić information content (AvgIpc) is 3.50. The van der Waals surface area contributed by atoms with Gasteiger partial charge >= 0.3 is 0 Å². The highest BCUT2D eigenvalue weighted by molar-refractivity contribution is 5.70. The highest BCUT2D eigenvalue weighted by Crippen LogP contribution is 2.28. The monoisotopic (exact) mass is 473 g/mol. The topological polar surface area (TPSA) is 54.7 Å². The van der Waals surface area contributed by atoms with Gasteiger partial charge in [0, 0.05) is 18.1 Å². The maximum absolute atomic E-state index is 5.14. The van der Waals surface area contributed by atoms with E-state index in [1.54, 1.807) is 0 Å². The Balaban J connectivity index is 1.56. The molecule has 0 aliphatic rings. The molecule has 3 aromatic rings. The highest BCUT2D eigenvalue weighted by atomic mass is 16.5. The summed E-state index contributed by atoms with van der Waals surface area (Å²) in [4.78, 5) is 8.31. The molecule has 0 aliphatic carbocycles. The van der Waals surface area contributed by atoms with E-state index >= 15 is 0 Å². The Morgan fingerprint density at radius 1 is 0.971 bits per heavy atom. The molecular formula is C31H43N3O. The minimum absolute atomic E-state index is 0.900. The smallest absolute Gasteiger partial charge is 0.133 e. The van der Waals surface area contributed by atoms with Gasteiger partial charge in [-0.3, -0.25) is 0 Å². The van der Waals surface area contributed by atoms with Gasteiger partial charge in [0.05, 0.1) is 17.6 Å². The fraction of sp³-hybridized carbons (Fsp3) is 0.484. The van der Waals surface area contributed by atoms with Crippen LogP contribution < -0.4 is 0 Å². The molecular weight excluding hydrogens is 430 g/mol. The maximum atomic E-state index is 5.14. The van der Waals surface area contributed by atoms with Crippen LogP contribution in [-0.2, 0) is 19.3 Å². The molecule has 0 unspecified atom stereocenters. The molecule has 0 bridgehead atoms. The fourth-order valence-corrected chi connectivity index (χ4v) is 4.43. The Hall–Kier alpha value is -2.88. The van der Waals surface area contributed by atoms with Crippen LogP contribution in [0.2, 0.25) is 0 Å². The zero-order chi connectivity index (χ0) is 25.2. The van der Waals surface area contributed by atoms with Gasteiger partial charge in [0.25, 0.3) is 0 Å². The normalized spacial score (nSPS) is 12.5. The number of benzene rings is 1. The van der Waals surface area contributed by atoms with E-state index in [0.29, 0.717) is 0 Å². The second-order valence-electron chi connectivity index (χ2n) is 9.81. The molecule has 0 amide bonds. The lowest BCUT2D eigenvalue weighted by atomic mass is 9.95. The molecule has 2 aromatic heterocycles. The van der Waals surface area contributed by atoms with Gasteiger partial charge in [-0.1, -0.05) is 67.6 Å². The van der Waals surface area contributed by atoms with Gasteiger partial charge in [0.1, 0.15) is 11.6 Å². The van der Waals surface area contributed by atoms with Crippen molar-refractivity contribution in [1.29, 1.82) is 0 Å². The van der Waals surface area contributed by atoms with Crippen LogP contribution in [0.4, 0.5) is 0 Å². The van der Waals surface area contributed by atoms with Crippen LogP contribution in [-0.4, -0.2) is 15.1 Å². The average molecular weight is 474 g/mol. The summed E-state index contributed by atoms with van der Waals surface area (Å²) in [5, 5.41) is 4.07. The number of nitrogens with zero attached hydrogens (tertiary/aromatic N) is 2. The van der Waals surface area contributed by atoms with Crippen molar-refractivity contribution in [3.05, 3.63) is 75.6 Å². The second-order valence-corrected chi connectivity index (χ2v) is 9.81. The van der Waals surface area contributed by atoms with Gasteiger partial charge in [0.15, 0.2) is 0 Å². The summed E-state index contributed by atoms with van der Waals surface area (Å²) >= 11 is 0. The predicted molar refractivity (Wildman–Crippen MR) is 148 cm³/mol. The molecule has 0 radical (unpaired) electrons. The Morgan fingerprint density at radius 3 is 2.40 bits per heavy atom. The number of imidazole rings is 1. The van der Waals surface area contributed by atoms with E-state index < -0.39 is 0 Å². The quantitative estimate of drug-likeness (QED) is 0.199.